The van der Waals surface area contributed by atoms with Crippen LogP contribution in [0.3, 0.4) is 0 Å². The predicted octanol–water partition coefficient (Wildman–Crippen LogP) is 3.88. The van der Waals surface area contributed by atoms with Crippen molar-refractivity contribution in [2.75, 3.05) is 0 Å². The second-order valence-corrected chi connectivity index (χ2v) is 6.08. The van der Waals surface area contributed by atoms with Crippen molar-refractivity contribution in [3.05, 3.63) is 96.1 Å². The van der Waals surface area contributed by atoms with Gasteiger partial charge in [-0.15, -0.1) is 0 Å². The van der Waals surface area contributed by atoms with E-state index in [1.54, 1.807) is 6.21 Å². The van der Waals surface area contributed by atoms with Gasteiger partial charge in [0, 0.05) is 22.9 Å². The van der Waals surface area contributed by atoms with E-state index in [9.17, 15) is 0 Å². The summed E-state index contributed by atoms with van der Waals surface area (Å²) in [5.41, 5.74) is 3.65. The lowest BCUT2D eigenvalue weighted by molar-refractivity contribution is 1.10. The molecule has 0 unspecified atom stereocenters. The minimum atomic E-state index is 0.468. The van der Waals surface area contributed by atoms with Crippen LogP contribution in [0, 0.1) is 0 Å². The number of hydrogen-bond acceptors (Lipinski definition) is 4. The smallest absolute Gasteiger partial charge is 0.181 e. The van der Waals surface area contributed by atoms with Gasteiger partial charge in [-0.3, -0.25) is 5.10 Å². The maximum atomic E-state index is 5.50. The molecule has 1 heterocycles. The monoisotopic (exact) mass is 366 g/mol. The third-order valence-corrected chi connectivity index (χ3v) is 4.17. The predicted molar refractivity (Wildman–Crippen MR) is 112 cm³/mol. The number of amidine groups is 1. The number of H-pyrrole nitrogens is 1. The van der Waals surface area contributed by atoms with E-state index in [-0.39, 0.29) is 0 Å². The number of nitrogens with zero attached hydrogens (tertiary/aromatic N) is 4. The van der Waals surface area contributed by atoms with Crippen LogP contribution in [0.2, 0.25) is 0 Å². The molecule has 3 N–H and O–H groups in total. The second kappa shape index (κ2) is 8.09. The molecule has 136 valence electrons. The number of nitrogens with one attached hydrogen (secondary N) is 1. The number of nitrogens with two attached hydrogens (primary N) is 1. The van der Waals surface area contributed by atoms with Crippen LogP contribution in [0.25, 0.3) is 22.8 Å². The molecule has 0 fully saturated rings. The first-order chi connectivity index (χ1) is 13.8. The third-order valence-electron chi connectivity index (χ3n) is 4.17. The number of hydrogen-bond donors (Lipinski definition) is 2. The highest BCUT2D eigenvalue weighted by Crippen LogP contribution is 2.20. The van der Waals surface area contributed by atoms with Gasteiger partial charge in [-0.25, -0.2) is 9.98 Å². The molecule has 0 radical (unpaired) electrons. The zero-order valence-electron chi connectivity index (χ0n) is 15.0. The van der Waals surface area contributed by atoms with E-state index in [1.165, 1.54) is 0 Å². The van der Waals surface area contributed by atoms with Gasteiger partial charge in [-0.2, -0.15) is 10.2 Å². The fourth-order valence-electron chi connectivity index (χ4n) is 2.78. The fourth-order valence-corrected chi connectivity index (χ4v) is 2.78. The summed E-state index contributed by atoms with van der Waals surface area (Å²) < 4.78 is 0. The highest BCUT2D eigenvalue weighted by molar-refractivity contribution is 6.05. The Morgan fingerprint density at radius 3 is 2.32 bits per heavy atom. The number of aliphatic imine (C=N–C) groups is 1. The van der Waals surface area contributed by atoms with Gasteiger partial charge in [-0.05, 0) is 11.6 Å². The van der Waals surface area contributed by atoms with Gasteiger partial charge in [-0.1, -0.05) is 78.9 Å². The lowest BCUT2D eigenvalue weighted by Crippen LogP contribution is -2.01. The summed E-state index contributed by atoms with van der Waals surface area (Å²) in [6.45, 7) is 0. The molecule has 0 bridgehead atoms. The molecule has 0 spiro atoms. The van der Waals surface area contributed by atoms with E-state index in [1.807, 2.05) is 84.9 Å². The SMILES string of the molecule is N/N=C(\N=Cc1cccc(-c2n[nH]c(-c3ccccc3)n2)c1)c1ccccc1. The summed E-state index contributed by atoms with van der Waals surface area (Å²) in [6.07, 6.45) is 1.73. The summed E-state index contributed by atoms with van der Waals surface area (Å²) in [5, 5.41) is 11.1. The van der Waals surface area contributed by atoms with Crippen LogP contribution >= 0.6 is 0 Å². The first-order valence-electron chi connectivity index (χ1n) is 8.79. The summed E-state index contributed by atoms with van der Waals surface area (Å²) in [6, 6.07) is 27.3. The first-order valence-corrected chi connectivity index (χ1v) is 8.79. The molecule has 0 aliphatic heterocycles. The van der Waals surface area contributed by atoms with Crippen molar-refractivity contribution < 1.29 is 0 Å². The third kappa shape index (κ3) is 3.86. The molecule has 0 saturated carbocycles. The molecule has 28 heavy (non-hydrogen) atoms. The maximum absolute atomic E-state index is 5.50. The Balaban J connectivity index is 1.58. The van der Waals surface area contributed by atoms with E-state index >= 15 is 0 Å². The van der Waals surface area contributed by atoms with Crippen LogP contribution in [0.15, 0.2) is 95.0 Å². The van der Waals surface area contributed by atoms with Crippen LogP contribution in [-0.2, 0) is 0 Å². The van der Waals surface area contributed by atoms with Crippen molar-refractivity contribution in [2.24, 2.45) is 15.9 Å². The van der Waals surface area contributed by atoms with Gasteiger partial charge in [0.25, 0.3) is 0 Å². The Morgan fingerprint density at radius 1 is 0.857 bits per heavy atom. The van der Waals surface area contributed by atoms with E-state index in [4.69, 9.17) is 5.84 Å². The number of aromatic nitrogens is 3. The highest BCUT2D eigenvalue weighted by Gasteiger charge is 2.08. The Morgan fingerprint density at radius 2 is 1.57 bits per heavy atom. The van der Waals surface area contributed by atoms with Crippen molar-refractivity contribution in [3.8, 4) is 22.8 Å². The van der Waals surface area contributed by atoms with Gasteiger partial charge in [0.1, 0.15) is 0 Å². The summed E-state index contributed by atoms with van der Waals surface area (Å²) in [4.78, 5) is 9.02. The van der Waals surface area contributed by atoms with Gasteiger partial charge in [0.2, 0.25) is 0 Å². The van der Waals surface area contributed by atoms with E-state index in [0.717, 1.165) is 28.1 Å². The summed E-state index contributed by atoms with van der Waals surface area (Å²) >= 11 is 0. The van der Waals surface area contributed by atoms with Gasteiger partial charge < -0.3 is 5.84 Å². The Bertz CT molecular complexity index is 1110. The maximum Gasteiger partial charge on any atom is 0.181 e. The van der Waals surface area contributed by atoms with Crippen molar-refractivity contribution in [2.45, 2.75) is 0 Å². The van der Waals surface area contributed by atoms with Crippen molar-refractivity contribution in [1.82, 2.24) is 15.2 Å². The van der Waals surface area contributed by atoms with E-state index < -0.39 is 0 Å². The quantitative estimate of drug-likeness (QED) is 0.248. The van der Waals surface area contributed by atoms with Gasteiger partial charge in [0.05, 0.1) is 0 Å². The van der Waals surface area contributed by atoms with E-state index in [0.29, 0.717) is 11.7 Å². The molecule has 3 aromatic carbocycles. The van der Waals surface area contributed by atoms with Crippen LogP contribution in [-0.4, -0.2) is 27.2 Å². The Kier molecular flexibility index (Phi) is 5.02. The zero-order valence-corrected chi connectivity index (χ0v) is 15.0. The van der Waals surface area contributed by atoms with Crippen molar-refractivity contribution >= 4 is 12.1 Å². The fraction of sp³-hybridized carbons (Fsp3) is 0. The van der Waals surface area contributed by atoms with Crippen LogP contribution < -0.4 is 5.84 Å². The average Bonchev–Trinajstić information content (AvgIpc) is 3.26. The Labute approximate surface area is 162 Å². The minimum absolute atomic E-state index is 0.468. The van der Waals surface area contributed by atoms with Crippen LogP contribution in [0.5, 0.6) is 0 Å². The Hall–Kier alpha value is -4.06. The number of benzene rings is 3. The summed E-state index contributed by atoms with van der Waals surface area (Å²) in [7, 11) is 0. The molecule has 0 saturated heterocycles. The van der Waals surface area contributed by atoms with Crippen LogP contribution in [0.4, 0.5) is 0 Å². The molecular weight excluding hydrogens is 348 g/mol. The number of aromatic amines is 1. The normalized spacial score (nSPS) is 11.8. The zero-order chi connectivity index (χ0) is 19.2. The van der Waals surface area contributed by atoms with E-state index in [2.05, 4.69) is 25.3 Å². The summed E-state index contributed by atoms with van der Waals surface area (Å²) in [5.74, 6) is 7.33. The van der Waals surface area contributed by atoms with Gasteiger partial charge >= 0.3 is 0 Å². The van der Waals surface area contributed by atoms with Crippen molar-refractivity contribution in [1.29, 1.82) is 0 Å². The lowest BCUT2D eigenvalue weighted by Gasteiger charge is -2.00. The average molecular weight is 366 g/mol. The van der Waals surface area contributed by atoms with Crippen molar-refractivity contribution in [3.63, 3.8) is 0 Å². The molecule has 6 nitrogen and oxygen atoms in total. The second-order valence-electron chi connectivity index (χ2n) is 6.08. The number of hydrazone groups is 1. The largest absolute Gasteiger partial charge is 0.321 e. The topological polar surface area (TPSA) is 92.3 Å². The number of rotatable bonds is 4. The first kappa shape index (κ1) is 17.4. The molecule has 0 aliphatic rings. The van der Waals surface area contributed by atoms with Gasteiger partial charge in [0.15, 0.2) is 17.5 Å². The molecule has 1 aromatic heterocycles. The standard InChI is InChI=1S/C22H18N6/c23-26-20(17-9-3-1-4-10-17)24-15-16-8-7-13-19(14-16)22-25-21(27-28-22)18-11-5-2-6-12-18/h1-15H,23H2,(H,25,27,28)/b24-15?,26-20-. The molecule has 6 heteroatoms. The molecule has 4 aromatic rings. The van der Waals surface area contributed by atoms with Crippen LogP contribution in [0.1, 0.15) is 11.1 Å². The molecule has 4 rings (SSSR count). The minimum Gasteiger partial charge on any atom is -0.321 e. The molecule has 0 atom stereocenters. The molecule has 0 amide bonds. The lowest BCUT2D eigenvalue weighted by atomic mass is 10.1. The molecule has 0 aliphatic carbocycles. The highest BCUT2D eigenvalue weighted by atomic mass is 15.2. The molecular formula is C22H18N6.